The van der Waals surface area contributed by atoms with Crippen LogP contribution in [0.25, 0.3) is 10.9 Å². The molecule has 1 aliphatic heterocycles. The first-order valence-corrected chi connectivity index (χ1v) is 14.8. The molecule has 4 N–H and O–H groups in total. The zero-order valence-corrected chi connectivity index (χ0v) is 25.9. The molecule has 0 amide bonds. The van der Waals surface area contributed by atoms with Gasteiger partial charge in [-0.3, -0.25) is 0 Å². The lowest BCUT2D eigenvalue weighted by Crippen LogP contribution is -2.22. The summed E-state index contributed by atoms with van der Waals surface area (Å²) in [6, 6.07) is 28.9. The first-order valence-electron chi connectivity index (χ1n) is 14.8. The number of ether oxygens (including phenoxy) is 4. The van der Waals surface area contributed by atoms with Crippen molar-refractivity contribution in [3.63, 3.8) is 0 Å². The quantitative estimate of drug-likeness (QED) is 0.132. The van der Waals surface area contributed by atoms with Gasteiger partial charge in [0.1, 0.15) is 0 Å². The molecule has 8 heteroatoms. The number of aromatic nitrogens is 1. The number of nitrogens with one attached hydrogen (secondary N) is 4. The van der Waals surface area contributed by atoms with E-state index < -0.39 is 0 Å². The van der Waals surface area contributed by atoms with Crippen LogP contribution in [0.2, 0.25) is 0 Å². The van der Waals surface area contributed by atoms with Crippen LogP contribution in [0, 0.1) is 0 Å². The second kappa shape index (κ2) is 15.2. The van der Waals surface area contributed by atoms with E-state index in [1.807, 2.05) is 36.5 Å². The second-order valence-electron chi connectivity index (χ2n) is 10.6. The van der Waals surface area contributed by atoms with Crippen molar-refractivity contribution in [2.45, 2.75) is 25.6 Å². The maximum absolute atomic E-state index is 5.41. The van der Waals surface area contributed by atoms with Crippen LogP contribution in [0.1, 0.15) is 28.2 Å². The summed E-state index contributed by atoms with van der Waals surface area (Å²) in [6.07, 6.45) is 2.03. The first-order chi connectivity index (χ1) is 21.6. The smallest absolute Gasteiger partial charge is 0.162 e. The molecule has 1 aromatic heterocycles. The van der Waals surface area contributed by atoms with E-state index in [9.17, 15) is 0 Å². The standard InChI is InChI=1S/C18H22N2O2.C18H20N2O2/c2*1-21-17-8-15-14(12-20-16(15)9-18(17)22-2)11-19-10-13-6-4-3-5-7-13/h3-9,14,19-20H,10-12H2,1-2H3;3-9,12,19-20H,10-11H2,1-2H3. The zero-order chi connectivity index (χ0) is 30.7. The van der Waals surface area contributed by atoms with Gasteiger partial charge in [-0.1, -0.05) is 60.7 Å². The topological polar surface area (TPSA) is 88.8 Å². The summed E-state index contributed by atoms with van der Waals surface area (Å²) in [4.78, 5) is 3.29. The molecule has 6 rings (SSSR count). The molecule has 0 spiro atoms. The van der Waals surface area contributed by atoms with Gasteiger partial charge in [-0.15, -0.1) is 0 Å². The van der Waals surface area contributed by atoms with E-state index in [4.69, 9.17) is 18.9 Å². The van der Waals surface area contributed by atoms with E-state index in [1.54, 1.807) is 28.4 Å². The number of rotatable bonds is 12. The van der Waals surface area contributed by atoms with Crippen LogP contribution in [0.3, 0.4) is 0 Å². The van der Waals surface area contributed by atoms with Crippen molar-refractivity contribution in [2.75, 3.05) is 46.8 Å². The maximum Gasteiger partial charge on any atom is 0.162 e. The minimum Gasteiger partial charge on any atom is -0.493 e. The summed E-state index contributed by atoms with van der Waals surface area (Å²) in [5, 5.41) is 11.6. The van der Waals surface area contributed by atoms with Gasteiger partial charge in [0, 0.05) is 73.6 Å². The Hall–Kier alpha value is -4.66. The van der Waals surface area contributed by atoms with Gasteiger partial charge in [0.15, 0.2) is 23.0 Å². The molecule has 4 aromatic carbocycles. The fourth-order valence-electron chi connectivity index (χ4n) is 5.49. The highest BCUT2D eigenvalue weighted by atomic mass is 16.5. The summed E-state index contributed by atoms with van der Waals surface area (Å²) < 4.78 is 21.5. The van der Waals surface area contributed by atoms with Gasteiger partial charge >= 0.3 is 0 Å². The lowest BCUT2D eigenvalue weighted by molar-refractivity contribution is 0.354. The third-order valence-corrected chi connectivity index (χ3v) is 7.86. The Morgan fingerprint density at radius 2 is 1.23 bits per heavy atom. The number of hydrogen-bond acceptors (Lipinski definition) is 7. The van der Waals surface area contributed by atoms with E-state index >= 15 is 0 Å². The predicted octanol–water partition coefficient (Wildman–Crippen LogP) is 6.48. The molecule has 1 atom stereocenters. The van der Waals surface area contributed by atoms with E-state index in [1.165, 1.54) is 22.3 Å². The maximum atomic E-state index is 5.41. The van der Waals surface area contributed by atoms with Gasteiger partial charge < -0.3 is 39.9 Å². The third kappa shape index (κ3) is 7.45. The molecule has 1 aliphatic rings. The molecule has 0 radical (unpaired) electrons. The Morgan fingerprint density at radius 1 is 0.659 bits per heavy atom. The summed E-state index contributed by atoms with van der Waals surface area (Å²) in [7, 11) is 6.64. The second-order valence-corrected chi connectivity index (χ2v) is 10.6. The molecule has 230 valence electrons. The monoisotopic (exact) mass is 594 g/mol. The van der Waals surface area contributed by atoms with Gasteiger partial charge in [0.25, 0.3) is 0 Å². The predicted molar refractivity (Wildman–Crippen MR) is 177 cm³/mol. The van der Waals surface area contributed by atoms with Crippen LogP contribution < -0.4 is 34.9 Å². The Morgan fingerprint density at radius 3 is 1.86 bits per heavy atom. The lowest BCUT2D eigenvalue weighted by atomic mass is 10.0. The van der Waals surface area contributed by atoms with Gasteiger partial charge in [-0.2, -0.15) is 0 Å². The van der Waals surface area contributed by atoms with Crippen molar-refractivity contribution in [3.05, 3.63) is 113 Å². The number of aromatic amines is 1. The molecule has 1 unspecified atom stereocenters. The average Bonchev–Trinajstić information content (AvgIpc) is 3.67. The number of fused-ring (bicyclic) bond motifs is 2. The summed E-state index contributed by atoms with van der Waals surface area (Å²) in [6.45, 7) is 4.41. The Kier molecular flexibility index (Phi) is 10.6. The van der Waals surface area contributed by atoms with Gasteiger partial charge in [-0.05, 0) is 34.4 Å². The van der Waals surface area contributed by atoms with E-state index in [-0.39, 0.29) is 0 Å². The molecule has 0 aliphatic carbocycles. The van der Waals surface area contributed by atoms with E-state index in [0.29, 0.717) is 5.92 Å². The molecule has 5 aromatic rings. The van der Waals surface area contributed by atoms with Crippen molar-refractivity contribution >= 4 is 16.6 Å². The Balaban J connectivity index is 0.000000175. The van der Waals surface area contributed by atoms with Crippen LogP contribution in [0.4, 0.5) is 5.69 Å². The van der Waals surface area contributed by atoms with Gasteiger partial charge in [-0.25, -0.2) is 0 Å². The van der Waals surface area contributed by atoms with E-state index in [2.05, 4.69) is 75.5 Å². The minimum absolute atomic E-state index is 0.443. The zero-order valence-electron chi connectivity index (χ0n) is 25.9. The van der Waals surface area contributed by atoms with Crippen LogP contribution >= 0.6 is 0 Å². The minimum atomic E-state index is 0.443. The molecule has 0 bridgehead atoms. The van der Waals surface area contributed by atoms with Crippen molar-refractivity contribution in [3.8, 4) is 23.0 Å². The number of anilines is 1. The number of methoxy groups -OCH3 is 4. The van der Waals surface area contributed by atoms with Gasteiger partial charge in [0.05, 0.1) is 28.4 Å². The highest BCUT2D eigenvalue weighted by Crippen LogP contribution is 2.40. The summed E-state index contributed by atoms with van der Waals surface area (Å²) in [5.74, 6) is 3.49. The molecule has 8 nitrogen and oxygen atoms in total. The lowest BCUT2D eigenvalue weighted by Gasteiger charge is -2.14. The summed E-state index contributed by atoms with van der Waals surface area (Å²) >= 11 is 0. The fourth-order valence-corrected chi connectivity index (χ4v) is 5.49. The highest BCUT2D eigenvalue weighted by Gasteiger charge is 2.24. The molecular weight excluding hydrogens is 552 g/mol. The number of benzene rings is 4. The molecule has 0 fully saturated rings. The number of H-pyrrole nitrogens is 1. The SMILES string of the molecule is COc1cc2[nH]cc(CNCc3ccccc3)c2cc1OC.COc1cc2c(cc1OC)C(CNCc1ccccc1)CN2. The van der Waals surface area contributed by atoms with Crippen LogP contribution in [0.5, 0.6) is 23.0 Å². The Bertz CT molecular complexity index is 1620. The van der Waals surface area contributed by atoms with E-state index in [0.717, 1.165) is 72.3 Å². The molecule has 44 heavy (non-hydrogen) atoms. The normalized spacial score (nSPS) is 13.4. The number of hydrogen-bond donors (Lipinski definition) is 4. The van der Waals surface area contributed by atoms with Gasteiger partial charge in [0.2, 0.25) is 0 Å². The molecule has 2 heterocycles. The van der Waals surface area contributed by atoms with Crippen molar-refractivity contribution in [1.29, 1.82) is 0 Å². The Labute approximate surface area is 259 Å². The molecular formula is C36H42N4O4. The average molecular weight is 595 g/mol. The van der Waals surface area contributed by atoms with Crippen LogP contribution in [0.15, 0.2) is 91.1 Å². The third-order valence-electron chi connectivity index (χ3n) is 7.86. The molecule has 0 saturated heterocycles. The largest absolute Gasteiger partial charge is 0.493 e. The van der Waals surface area contributed by atoms with Crippen molar-refractivity contribution in [2.24, 2.45) is 0 Å². The first kappa shape index (κ1) is 30.8. The van der Waals surface area contributed by atoms with Crippen LogP contribution in [-0.4, -0.2) is 46.5 Å². The summed E-state index contributed by atoms with van der Waals surface area (Å²) in [5.41, 5.74) is 7.28. The molecule has 0 saturated carbocycles. The van der Waals surface area contributed by atoms with Crippen LogP contribution in [-0.2, 0) is 19.6 Å². The fraction of sp³-hybridized carbons (Fsp3) is 0.278. The van der Waals surface area contributed by atoms with Crippen molar-refractivity contribution in [1.82, 2.24) is 15.6 Å². The highest BCUT2D eigenvalue weighted by molar-refractivity contribution is 5.86. The van der Waals surface area contributed by atoms with Crippen molar-refractivity contribution < 1.29 is 18.9 Å².